The van der Waals surface area contributed by atoms with Crippen LogP contribution < -0.4 is 11.1 Å². The van der Waals surface area contributed by atoms with E-state index in [0.29, 0.717) is 0 Å². The minimum atomic E-state index is -0.322. The molecule has 0 rings (SSSR count). The second-order valence-corrected chi connectivity index (χ2v) is 0.997. The van der Waals surface area contributed by atoms with Crippen LogP contribution in [-0.4, -0.2) is 19.5 Å². The van der Waals surface area contributed by atoms with Gasteiger partial charge in [-0.1, -0.05) is 27.7 Å². The van der Waals surface area contributed by atoms with Crippen LogP contribution >= 0.6 is 0 Å². The van der Waals surface area contributed by atoms with Gasteiger partial charge in [0, 0.05) is 2.85 Å². The van der Waals surface area contributed by atoms with Crippen molar-refractivity contribution in [3.8, 4) is 0 Å². The molecule has 3 nitrogen and oxygen atoms in total. The molecule has 0 atom stereocenters. The standard InChI is InChI=1S/C3H8N2O.2C2H6.2H2/c1-5-2-3(4)6;2*1-2;;/h5H,2H2,1H3,(H2,4,6);2*1-2H3;2*1H. The first kappa shape index (κ1) is 16.2. The zero-order chi connectivity index (χ0) is 8.99. The Hall–Kier alpha value is -0.570. The molecule has 0 heterocycles. The van der Waals surface area contributed by atoms with Gasteiger partial charge >= 0.3 is 0 Å². The van der Waals surface area contributed by atoms with Gasteiger partial charge in [-0.3, -0.25) is 4.79 Å². The van der Waals surface area contributed by atoms with Gasteiger partial charge in [0.2, 0.25) is 5.91 Å². The van der Waals surface area contributed by atoms with Gasteiger partial charge in [0.15, 0.2) is 0 Å². The Morgan fingerprint density at radius 3 is 1.70 bits per heavy atom. The highest BCUT2D eigenvalue weighted by atomic mass is 16.1. The van der Waals surface area contributed by atoms with Gasteiger partial charge in [0.25, 0.3) is 0 Å². The van der Waals surface area contributed by atoms with Crippen molar-refractivity contribution in [3.63, 3.8) is 0 Å². The van der Waals surface area contributed by atoms with Crippen LogP contribution in [-0.2, 0) is 4.79 Å². The summed E-state index contributed by atoms with van der Waals surface area (Å²) in [5, 5.41) is 2.59. The number of amides is 1. The van der Waals surface area contributed by atoms with Crippen LogP contribution in [0.25, 0.3) is 0 Å². The molecule has 0 spiro atoms. The van der Waals surface area contributed by atoms with E-state index < -0.39 is 0 Å². The molecule has 1 amide bonds. The first-order chi connectivity index (χ1) is 4.77. The number of carbonyl (C=O) groups is 1. The summed E-state index contributed by atoms with van der Waals surface area (Å²) in [7, 11) is 1.67. The smallest absolute Gasteiger partial charge is 0.231 e. The molecule has 0 saturated carbocycles. The number of hydrogen-bond donors (Lipinski definition) is 2. The lowest BCUT2D eigenvalue weighted by Crippen LogP contribution is -2.25. The number of primary amides is 1. The fourth-order valence-electron chi connectivity index (χ4n) is 0.174. The summed E-state index contributed by atoms with van der Waals surface area (Å²) in [4.78, 5) is 9.76. The molecule has 3 N–H and O–H groups in total. The summed E-state index contributed by atoms with van der Waals surface area (Å²) >= 11 is 0. The summed E-state index contributed by atoms with van der Waals surface area (Å²) < 4.78 is 0. The van der Waals surface area contributed by atoms with Crippen molar-refractivity contribution in [3.05, 3.63) is 0 Å². The molecule has 10 heavy (non-hydrogen) atoms. The van der Waals surface area contributed by atoms with E-state index in [1.165, 1.54) is 0 Å². The van der Waals surface area contributed by atoms with E-state index in [1.807, 2.05) is 27.7 Å². The average Bonchev–Trinajstić information content (AvgIpc) is 1.96. The molecule has 0 aromatic carbocycles. The number of hydrogen-bond acceptors (Lipinski definition) is 2. The van der Waals surface area contributed by atoms with Crippen LogP contribution in [0.15, 0.2) is 0 Å². The van der Waals surface area contributed by atoms with E-state index in [4.69, 9.17) is 5.73 Å². The predicted octanol–water partition coefficient (Wildman–Crippen LogP) is 1.24. The van der Waals surface area contributed by atoms with Gasteiger partial charge in [-0.2, -0.15) is 0 Å². The Bertz CT molecular complexity index is 63.4. The van der Waals surface area contributed by atoms with Crippen LogP contribution in [0.2, 0.25) is 0 Å². The summed E-state index contributed by atoms with van der Waals surface area (Å²) in [5.41, 5.74) is 4.70. The Morgan fingerprint density at radius 2 is 1.70 bits per heavy atom. The molecule has 0 aromatic rings. The Morgan fingerprint density at radius 1 is 1.40 bits per heavy atom. The van der Waals surface area contributed by atoms with E-state index in [0.717, 1.165) is 0 Å². The van der Waals surface area contributed by atoms with Gasteiger partial charge in [-0.15, -0.1) is 0 Å². The Labute approximate surface area is 67.0 Å². The normalized spacial score (nSPS) is 6.10. The first-order valence-electron chi connectivity index (χ1n) is 3.70. The van der Waals surface area contributed by atoms with Crippen LogP contribution in [0.1, 0.15) is 30.5 Å². The number of likely N-dealkylation sites (N-methyl/N-ethyl adjacent to an activating group) is 1. The molecule has 0 aliphatic carbocycles. The zero-order valence-electron chi connectivity index (χ0n) is 7.69. The maximum atomic E-state index is 9.76. The third-order valence-corrected chi connectivity index (χ3v) is 0.351. The fraction of sp³-hybridized carbons (Fsp3) is 0.857. The second kappa shape index (κ2) is 23.7. The molecule has 0 fully saturated rings. The molecule has 0 aliphatic rings. The number of carbonyl (C=O) groups excluding carboxylic acids is 1. The summed E-state index contributed by atoms with van der Waals surface area (Å²) in [6.07, 6.45) is 0. The van der Waals surface area contributed by atoms with E-state index in [1.54, 1.807) is 7.05 Å². The van der Waals surface area contributed by atoms with Crippen molar-refractivity contribution >= 4 is 5.91 Å². The van der Waals surface area contributed by atoms with E-state index >= 15 is 0 Å². The molecule has 0 bridgehead atoms. The summed E-state index contributed by atoms with van der Waals surface area (Å²) in [6, 6.07) is 0. The number of nitrogens with two attached hydrogens (primary N) is 1. The maximum Gasteiger partial charge on any atom is 0.231 e. The highest BCUT2D eigenvalue weighted by Crippen LogP contribution is 1.44. The van der Waals surface area contributed by atoms with Crippen molar-refractivity contribution in [1.29, 1.82) is 0 Å². The fourth-order valence-corrected chi connectivity index (χ4v) is 0.174. The van der Waals surface area contributed by atoms with Crippen LogP contribution in [0.5, 0.6) is 0 Å². The number of rotatable bonds is 2. The zero-order valence-corrected chi connectivity index (χ0v) is 7.69. The molecular weight excluding hydrogens is 128 g/mol. The maximum absolute atomic E-state index is 9.76. The lowest BCUT2D eigenvalue weighted by molar-refractivity contribution is -0.117. The van der Waals surface area contributed by atoms with Gasteiger partial charge < -0.3 is 11.1 Å². The van der Waals surface area contributed by atoms with Crippen LogP contribution in [0.3, 0.4) is 0 Å². The molecule has 0 aliphatic heterocycles. The highest BCUT2D eigenvalue weighted by Gasteiger charge is 1.82. The Kier molecular flexibility index (Phi) is 38.4. The molecule has 3 heteroatoms. The summed E-state index contributed by atoms with van der Waals surface area (Å²) in [6.45, 7) is 8.26. The third-order valence-electron chi connectivity index (χ3n) is 0.351. The van der Waals surface area contributed by atoms with Gasteiger partial charge in [0.05, 0.1) is 6.54 Å². The van der Waals surface area contributed by atoms with Crippen molar-refractivity contribution in [2.75, 3.05) is 13.6 Å². The minimum Gasteiger partial charge on any atom is -0.369 e. The largest absolute Gasteiger partial charge is 0.369 e. The van der Waals surface area contributed by atoms with Crippen molar-refractivity contribution in [1.82, 2.24) is 5.32 Å². The molecule has 0 aromatic heterocycles. The van der Waals surface area contributed by atoms with Gasteiger partial charge in [0.1, 0.15) is 0 Å². The van der Waals surface area contributed by atoms with Crippen molar-refractivity contribution in [2.45, 2.75) is 27.7 Å². The van der Waals surface area contributed by atoms with Crippen LogP contribution in [0.4, 0.5) is 0 Å². The van der Waals surface area contributed by atoms with Crippen molar-refractivity contribution in [2.24, 2.45) is 5.73 Å². The lowest BCUT2D eigenvalue weighted by atomic mass is 10.6. The summed E-state index contributed by atoms with van der Waals surface area (Å²) in [5.74, 6) is -0.322. The second-order valence-electron chi connectivity index (χ2n) is 0.997. The first-order valence-corrected chi connectivity index (χ1v) is 3.70. The van der Waals surface area contributed by atoms with E-state index in [-0.39, 0.29) is 15.3 Å². The molecule has 0 radical (unpaired) electrons. The van der Waals surface area contributed by atoms with E-state index in [2.05, 4.69) is 5.32 Å². The van der Waals surface area contributed by atoms with Crippen molar-refractivity contribution < 1.29 is 7.65 Å². The monoisotopic (exact) mass is 152 g/mol. The quantitative estimate of drug-likeness (QED) is 0.625. The molecule has 0 unspecified atom stereocenters. The molecular formula is C7H24N2O. The van der Waals surface area contributed by atoms with Gasteiger partial charge in [-0.05, 0) is 7.05 Å². The molecule has 0 saturated heterocycles. The predicted molar refractivity (Wildman–Crippen MR) is 50.0 cm³/mol. The Balaban J connectivity index is -0.0000000241. The topological polar surface area (TPSA) is 55.1 Å². The van der Waals surface area contributed by atoms with Crippen LogP contribution in [0, 0.1) is 0 Å². The van der Waals surface area contributed by atoms with Gasteiger partial charge in [-0.25, -0.2) is 0 Å². The van der Waals surface area contributed by atoms with E-state index in [9.17, 15) is 4.79 Å². The highest BCUT2D eigenvalue weighted by molar-refractivity contribution is 5.75. The SMILES string of the molecule is CC.CC.CNCC(N)=O.[HH].[HH]. The minimum absolute atomic E-state index is 0. The average molecular weight is 152 g/mol. The third kappa shape index (κ3) is 52.0. The molecule has 68 valence electrons. The number of nitrogens with one attached hydrogen (secondary N) is 1. The lowest BCUT2D eigenvalue weighted by Gasteiger charge is -1.85.